The van der Waals surface area contributed by atoms with Crippen molar-refractivity contribution < 1.29 is 14.6 Å². The summed E-state index contributed by atoms with van der Waals surface area (Å²) in [4.78, 5) is 11.6. The second kappa shape index (κ2) is 7.21. The molecule has 0 unspecified atom stereocenters. The van der Waals surface area contributed by atoms with Crippen LogP contribution in [0.5, 0.6) is 5.75 Å². The van der Waals surface area contributed by atoms with Crippen LogP contribution in [0.4, 0.5) is 11.5 Å². The second-order valence-corrected chi connectivity index (χ2v) is 6.58. The van der Waals surface area contributed by atoms with E-state index >= 15 is 0 Å². The minimum atomic E-state index is -1.04. The number of para-hydroxylation sites is 1. The molecule has 0 atom stereocenters. The Kier molecular flexibility index (Phi) is 4.99. The molecular weight excluding hydrogens is 398 g/mol. The predicted octanol–water partition coefficient (Wildman–Crippen LogP) is 4.70. The van der Waals surface area contributed by atoms with Crippen LogP contribution in [0.1, 0.15) is 21.6 Å². The van der Waals surface area contributed by atoms with Crippen molar-refractivity contribution in [3.8, 4) is 11.4 Å². The van der Waals surface area contributed by atoms with E-state index in [1.165, 1.54) is 13.2 Å². The molecule has 0 aliphatic rings. The number of anilines is 2. The average Bonchev–Trinajstić information content (AvgIpc) is 2.90. The summed E-state index contributed by atoms with van der Waals surface area (Å²) in [5.41, 5.74) is 3.33. The third-order valence-corrected chi connectivity index (χ3v) is 4.99. The number of aromatic nitrogens is 2. The van der Waals surface area contributed by atoms with Crippen LogP contribution in [-0.2, 0) is 0 Å². The highest BCUT2D eigenvalue weighted by Crippen LogP contribution is 2.34. The normalized spacial score (nSPS) is 10.6. The van der Waals surface area contributed by atoms with E-state index < -0.39 is 5.97 Å². The Hall–Kier alpha value is -2.80. The van der Waals surface area contributed by atoms with Gasteiger partial charge in [0.1, 0.15) is 11.6 Å². The van der Waals surface area contributed by atoms with Crippen LogP contribution in [0, 0.1) is 13.8 Å². The molecule has 3 rings (SSSR count). The van der Waals surface area contributed by atoms with Gasteiger partial charge in [0, 0.05) is 0 Å². The molecule has 1 heterocycles. The lowest BCUT2D eigenvalue weighted by atomic mass is 10.1. The number of aryl methyl sites for hydroxylation is 2. The van der Waals surface area contributed by atoms with Gasteiger partial charge in [-0.3, -0.25) is 0 Å². The molecular formula is C19H18BrN3O3. The molecule has 3 aromatic rings. The number of carbonyl (C=O) groups is 1. The first-order valence-electron chi connectivity index (χ1n) is 7.92. The number of hydrogen-bond donors (Lipinski definition) is 2. The van der Waals surface area contributed by atoms with Gasteiger partial charge in [0.25, 0.3) is 0 Å². The van der Waals surface area contributed by atoms with Crippen molar-refractivity contribution in [2.45, 2.75) is 13.8 Å². The van der Waals surface area contributed by atoms with Crippen LogP contribution in [0.25, 0.3) is 5.69 Å². The van der Waals surface area contributed by atoms with Crippen molar-refractivity contribution in [1.29, 1.82) is 0 Å². The average molecular weight is 416 g/mol. The van der Waals surface area contributed by atoms with E-state index in [2.05, 4.69) is 26.3 Å². The van der Waals surface area contributed by atoms with Gasteiger partial charge in [-0.1, -0.05) is 18.2 Å². The van der Waals surface area contributed by atoms with Gasteiger partial charge in [0.2, 0.25) is 0 Å². The minimum absolute atomic E-state index is 0.117. The highest BCUT2D eigenvalue weighted by molar-refractivity contribution is 9.10. The van der Waals surface area contributed by atoms with E-state index in [0.29, 0.717) is 17.3 Å². The van der Waals surface area contributed by atoms with Gasteiger partial charge in [0.15, 0.2) is 0 Å². The van der Waals surface area contributed by atoms with E-state index in [1.807, 2.05) is 38.1 Å². The van der Waals surface area contributed by atoms with E-state index in [-0.39, 0.29) is 5.56 Å². The molecule has 0 aliphatic heterocycles. The summed E-state index contributed by atoms with van der Waals surface area (Å²) >= 11 is 3.55. The SMILES string of the molecule is COc1ccc(Nc2c(Br)c(C)nn2-c2ccccc2C)c(C(=O)O)c1. The molecule has 0 saturated heterocycles. The van der Waals surface area contributed by atoms with Gasteiger partial charge >= 0.3 is 5.97 Å². The molecule has 7 heteroatoms. The minimum Gasteiger partial charge on any atom is -0.497 e. The van der Waals surface area contributed by atoms with Gasteiger partial charge in [-0.2, -0.15) is 5.10 Å². The smallest absolute Gasteiger partial charge is 0.337 e. The van der Waals surface area contributed by atoms with Gasteiger partial charge in [-0.25, -0.2) is 9.48 Å². The van der Waals surface area contributed by atoms with Gasteiger partial charge in [-0.15, -0.1) is 0 Å². The molecule has 2 aromatic carbocycles. The van der Waals surface area contributed by atoms with Crippen molar-refractivity contribution >= 4 is 33.4 Å². The van der Waals surface area contributed by atoms with Gasteiger partial charge in [-0.05, 0) is 59.6 Å². The Morgan fingerprint density at radius 3 is 2.62 bits per heavy atom. The molecule has 0 spiro atoms. The fourth-order valence-corrected chi connectivity index (χ4v) is 3.00. The number of methoxy groups -OCH3 is 1. The van der Waals surface area contributed by atoms with Crippen molar-refractivity contribution in [2.24, 2.45) is 0 Å². The standard InChI is InChI=1S/C19H18BrN3O3/c1-11-6-4-5-7-16(11)23-18(17(20)12(2)22-23)21-15-9-8-13(26-3)10-14(15)19(24)25/h4-10,21H,1-3H3,(H,24,25). The molecule has 0 aliphatic carbocycles. The quantitative estimate of drug-likeness (QED) is 0.631. The summed E-state index contributed by atoms with van der Waals surface area (Å²) < 4.78 is 7.67. The fourth-order valence-electron chi connectivity index (χ4n) is 2.66. The van der Waals surface area contributed by atoms with Crippen LogP contribution in [0.2, 0.25) is 0 Å². The van der Waals surface area contributed by atoms with Crippen molar-refractivity contribution in [3.63, 3.8) is 0 Å². The molecule has 6 nitrogen and oxygen atoms in total. The molecule has 0 fully saturated rings. The van der Waals surface area contributed by atoms with Gasteiger partial charge < -0.3 is 15.2 Å². The van der Waals surface area contributed by atoms with Crippen LogP contribution in [-0.4, -0.2) is 28.0 Å². The van der Waals surface area contributed by atoms with Crippen LogP contribution in [0.3, 0.4) is 0 Å². The monoisotopic (exact) mass is 415 g/mol. The van der Waals surface area contributed by atoms with E-state index in [0.717, 1.165) is 21.4 Å². The summed E-state index contributed by atoms with van der Waals surface area (Å²) in [6.45, 7) is 3.89. The molecule has 0 amide bonds. The number of carboxylic acids is 1. The largest absolute Gasteiger partial charge is 0.497 e. The van der Waals surface area contributed by atoms with Crippen LogP contribution >= 0.6 is 15.9 Å². The van der Waals surface area contributed by atoms with Crippen molar-refractivity contribution in [2.75, 3.05) is 12.4 Å². The number of benzene rings is 2. The zero-order valence-corrected chi connectivity index (χ0v) is 16.2. The van der Waals surface area contributed by atoms with Crippen molar-refractivity contribution in [3.05, 3.63) is 63.8 Å². The maximum Gasteiger partial charge on any atom is 0.337 e. The van der Waals surface area contributed by atoms with E-state index in [1.54, 1.807) is 16.8 Å². The lowest BCUT2D eigenvalue weighted by Gasteiger charge is -2.14. The Morgan fingerprint density at radius 2 is 1.96 bits per heavy atom. The number of carboxylic acid groups (broad SMARTS) is 1. The third-order valence-electron chi connectivity index (χ3n) is 4.04. The number of nitrogens with one attached hydrogen (secondary N) is 1. The first-order chi connectivity index (χ1) is 12.4. The molecule has 1 aromatic heterocycles. The van der Waals surface area contributed by atoms with E-state index in [9.17, 15) is 9.90 Å². The Labute approximate surface area is 159 Å². The Bertz CT molecular complexity index is 982. The zero-order chi connectivity index (χ0) is 18.8. The molecule has 26 heavy (non-hydrogen) atoms. The number of hydrogen-bond acceptors (Lipinski definition) is 4. The van der Waals surface area contributed by atoms with E-state index in [4.69, 9.17) is 4.74 Å². The molecule has 134 valence electrons. The second-order valence-electron chi connectivity index (χ2n) is 5.79. The highest BCUT2D eigenvalue weighted by Gasteiger charge is 2.19. The number of nitrogens with zero attached hydrogens (tertiary/aromatic N) is 2. The number of halogens is 1. The summed E-state index contributed by atoms with van der Waals surface area (Å²) in [5, 5.41) is 17.3. The number of rotatable bonds is 5. The van der Waals surface area contributed by atoms with Crippen molar-refractivity contribution in [1.82, 2.24) is 9.78 Å². The molecule has 2 N–H and O–H groups in total. The summed E-state index contributed by atoms with van der Waals surface area (Å²) in [6, 6.07) is 12.7. The first kappa shape index (κ1) is 18.0. The van der Waals surface area contributed by atoms with Crippen LogP contribution < -0.4 is 10.1 Å². The maximum atomic E-state index is 11.6. The Balaban J connectivity index is 2.12. The summed E-state index contributed by atoms with van der Waals surface area (Å²) in [7, 11) is 1.50. The number of ether oxygens (including phenoxy) is 1. The lowest BCUT2D eigenvalue weighted by molar-refractivity contribution is 0.0697. The Morgan fingerprint density at radius 1 is 1.23 bits per heavy atom. The topological polar surface area (TPSA) is 76.4 Å². The first-order valence-corrected chi connectivity index (χ1v) is 8.71. The zero-order valence-electron chi connectivity index (χ0n) is 14.6. The molecule has 0 bridgehead atoms. The predicted molar refractivity (Wildman–Crippen MR) is 104 cm³/mol. The van der Waals surface area contributed by atoms with Gasteiger partial charge in [0.05, 0.1) is 34.2 Å². The summed E-state index contributed by atoms with van der Waals surface area (Å²) in [5.74, 6) is 0.0984. The fraction of sp³-hybridized carbons (Fsp3) is 0.158. The number of aromatic carboxylic acids is 1. The lowest BCUT2D eigenvalue weighted by Crippen LogP contribution is -2.08. The highest BCUT2D eigenvalue weighted by atomic mass is 79.9. The molecule has 0 radical (unpaired) electrons. The third kappa shape index (κ3) is 3.30. The summed E-state index contributed by atoms with van der Waals surface area (Å²) in [6.07, 6.45) is 0. The van der Waals surface area contributed by atoms with Crippen LogP contribution in [0.15, 0.2) is 46.9 Å². The maximum absolute atomic E-state index is 11.6. The molecule has 0 saturated carbocycles.